The SMILES string of the molecule is CC(O)c1cc(Br)c(Br)s1. The first kappa shape index (κ1) is 8.71. The lowest BCUT2D eigenvalue weighted by Gasteiger charge is -1.95. The number of thiophene rings is 1. The zero-order chi connectivity index (χ0) is 7.72. The molecule has 1 unspecified atom stereocenters. The van der Waals surface area contributed by atoms with Crippen LogP contribution < -0.4 is 0 Å². The van der Waals surface area contributed by atoms with Crippen LogP contribution >= 0.6 is 43.2 Å². The molecule has 1 aromatic heterocycles. The van der Waals surface area contributed by atoms with Gasteiger partial charge in [0, 0.05) is 9.35 Å². The van der Waals surface area contributed by atoms with Crippen LogP contribution in [0.4, 0.5) is 0 Å². The van der Waals surface area contributed by atoms with Crippen molar-refractivity contribution < 1.29 is 5.11 Å². The van der Waals surface area contributed by atoms with E-state index in [1.54, 1.807) is 18.3 Å². The molecule has 1 aromatic rings. The number of aliphatic hydroxyl groups excluding tert-OH is 1. The van der Waals surface area contributed by atoms with E-state index in [1.807, 2.05) is 6.07 Å². The van der Waals surface area contributed by atoms with Gasteiger partial charge in [-0.2, -0.15) is 0 Å². The molecule has 0 radical (unpaired) electrons. The van der Waals surface area contributed by atoms with Crippen molar-refractivity contribution in [3.8, 4) is 0 Å². The van der Waals surface area contributed by atoms with E-state index in [9.17, 15) is 0 Å². The molecule has 0 aliphatic carbocycles. The third-order valence-corrected chi connectivity index (χ3v) is 4.50. The largest absolute Gasteiger partial charge is 0.388 e. The van der Waals surface area contributed by atoms with Crippen molar-refractivity contribution in [2.24, 2.45) is 0 Å². The van der Waals surface area contributed by atoms with E-state index in [-0.39, 0.29) is 6.10 Å². The number of aliphatic hydroxyl groups is 1. The second-order valence-corrected chi connectivity index (χ2v) is 5.20. The lowest BCUT2D eigenvalue weighted by atomic mass is 10.3. The third kappa shape index (κ3) is 1.81. The molecule has 1 rings (SSSR count). The van der Waals surface area contributed by atoms with Crippen molar-refractivity contribution in [1.29, 1.82) is 0 Å². The summed E-state index contributed by atoms with van der Waals surface area (Å²) >= 11 is 8.22. The van der Waals surface area contributed by atoms with Crippen molar-refractivity contribution in [2.45, 2.75) is 13.0 Å². The molecule has 1 atom stereocenters. The molecule has 10 heavy (non-hydrogen) atoms. The zero-order valence-corrected chi connectivity index (χ0v) is 9.25. The first-order valence-electron chi connectivity index (χ1n) is 2.74. The quantitative estimate of drug-likeness (QED) is 0.839. The fourth-order valence-corrected chi connectivity index (χ4v) is 2.60. The summed E-state index contributed by atoms with van der Waals surface area (Å²) in [7, 11) is 0. The number of halogens is 2. The van der Waals surface area contributed by atoms with E-state index >= 15 is 0 Å². The van der Waals surface area contributed by atoms with E-state index in [1.165, 1.54) is 0 Å². The van der Waals surface area contributed by atoms with Gasteiger partial charge in [-0.15, -0.1) is 11.3 Å². The lowest BCUT2D eigenvalue weighted by Crippen LogP contribution is -1.83. The molecular weight excluding hydrogens is 280 g/mol. The minimum atomic E-state index is -0.368. The molecule has 1 heterocycles. The molecule has 0 spiro atoms. The van der Waals surface area contributed by atoms with Crippen molar-refractivity contribution in [3.63, 3.8) is 0 Å². The van der Waals surface area contributed by atoms with Gasteiger partial charge in [-0.1, -0.05) is 0 Å². The molecule has 0 amide bonds. The molecule has 0 aliphatic heterocycles. The highest BCUT2D eigenvalue weighted by Crippen LogP contribution is 2.35. The highest BCUT2D eigenvalue weighted by atomic mass is 79.9. The van der Waals surface area contributed by atoms with Crippen LogP contribution in [-0.2, 0) is 0 Å². The van der Waals surface area contributed by atoms with Gasteiger partial charge in [-0.25, -0.2) is 0 Å². The molecule has 0 saturated carbocycles. The maximum Gasteiger partial charge on any atom is 0.0854 e. The van der Waals surface area contributed by atoms with Crippen LogP contribution in [-0.4, -0.2) is 5.11 Å². The van der Waals surface area contributed by atoms with Crippen molar-refractivity contribution in [2.75, 3.05) is 0 Å². The van der Waals surface area contributed by atoms with Crippen molar-refractivity contribution in [1.82, 2.24) is 0 Å². The van der Waals surface area contributed by atoms with Crippen LogP contribution in [0.1, 0.15) is 17.9 Å². The Kier molecular flexibility index (Phi) is 2.91. The summed E-state index contributed by atoms with van der Waals surface area (Å²) in [5.41, 5.74) is 0. The van der Waals surface area contributed by atoms with E-state index in [2.05, 4.69) is 31.9 Å². The fraction of sp³-hybridized carbons (Fsp3) is 0.333. The van der Waals surface area contributed by atoms with Crippen molar-refractivity contribution in [3.05, 3.63) is 19.2 Å². The summed E-state index contributed by atoms with van der Waals surface area (Å²) in [5.74, 6) is 0. The molecule has 1 nitrogen and oxygen atoms in total. The maximum atomic E-state index is 9.13. The van der Waals surface area contributed by atoms with Gasteiger partial charge in [-0.3, -0.25) is 0 Å². The minimum absolute atomic E-state index is 0.368. The Morgan fingerprint density at radius 2 is 2.20 bits per heavy atom. The highest BCUT2D eigenvalue weighted by Gasteiger charge is 2.07. The molecule has 0 bridgehead atoms. The predicted octanol–water partition coefficient (Wildman–Crippen LogP) is 3.33. The topological polar surface area (TPSA) is 20.2 Å². The molecule has 0 fully saturated rings. The average Bonchev–Trinajstić information content (AvgIpc) is 2.13. The first-order valence-corrected chi connectivity index (χ1v) is 5.14. The first-order chi connectivity index (χ1) is 4.61. The van der Waals surface area contributed by atoms with Crippen LogP contribution in [0.25, 0.3) is 0 Å². The highest BCUT2D eigenvalue weighted by molar-refractivity contribution is 9.13. The third-order valence-electron chi connectivity index (χ3n) is 1.08. The van der Waals surface area contributed by atoms with Gasteiger partial charge in [0.25, 0.3) is 0 Å². The van der Waals surface area contributed by atoms with Gasteiger partial charge in [0.2, 0.25) is 0 Å². The Hall–Kier alpha value is 0.620. The molecule has 1 N–H and O–H groups in total. The molecule has 0 saturated heterocycles. The number of rotatable bonds is 1. The Morgan fingerprint density at radius 1 is 1.60 bits per heavy atom. The number of hydrogen-bond acceptors (Lipinski definition) is 2. The Balaban J connectivity index is 2.98. The summed E-state index contributed by atoms with van der Waals surface area (Å²) in [6, 6.07) is 1.92. The average molecular weight is 286 g/mol. The molecule has 0 aromatic carbocycles. The smallest absolute Gasteiger partial charge is 0.0854 e. The van der Waals surface area contributed by atoms with Gasteiger partial charge in [0.05, 0.1) is 9.89 Å². The van der Waals surface area contributed by atoms with Gasteiger partial charge in [0.1, 0.15) is 0 Å². The predicted molar refractivity (Wildman–Crippen MR) is 50.4 cm³/mol. The minimum Gasteiger partial charge on any atom is -0.388 e. The molecular formula is C6H6Br2OS. The Labute approximate surface area is 80.3 Å². The standard InChI is InChI=1S/C6H6Br2OS/c1-3(9)5-2-4(7)6(8)10-5/h2-3,9H,1H3. The second kappa shape index (κ2) is 3.34. The van der Waals surface area contributed by atoms with Gasteiger partial charge >= 0.3 is 0 Å². The van der Waals surface area contributed by atoms with Crippen molar-refractivity contribution >= 4 is 43.2 Å². The lowest BCUT2D eigenvalue weighted by molar-refractivity contribution is 0.203. The second-order valence-electron chi connectivity index (χ2n) is 1.95. The van der Waals surface area contributed by atoms with Crippen LogP contribution in [0.2, 0.25) is 0 Å². The number of hydrogen-bond donors (Lipinski definition) is 1. The summed E-state index contributed by atoms with van der Waals surface area (Å²) in [4.78, 5) is 0.971. The summed E-state index contributed by atoms with van der Waals surface area (Å²) in [6.45, 7) is 1.75. The van der Waals surface area contributed by atoms with E-state index < -0.39 is 0 Å². The molecule has 4 heteroatoms. The monoisotopic (exact) mass is 284 g/mol. The van der Waals surface area contributed by atoms with Crippen LogP contribution in [0.5, 0.6) is 0 Å². The summed E-state index contributed by atoms with van der Waals surface area (Å²) < 4.78 is 2.04. The maximum absolute atomic E-state index is 9.13. The van der Waals surface area contributed by atoms with E-state index in [0.717, 1.165) is 13.1 Å². The van der Waals surface area contributed by atoms with Crippen LogP contribution in [0.15, 0.2) is 14.3 Å². The molecule has 0 aliphatic rings. The summed E-state index contributed by atoms with van der Waals surface area (Å²) in [6.07, 6.45) is -0.368. The van der Waals surface area contributed by atoms with E-state index in [0.29, 0.717) is 0 Å². The van der Waals surface area contributed by atoms with Crippen LogP contribution in [0, 0.1) is 0 Å². The Bertz CT molecular complexity index is 212. The zero-order valence-electron chi connectivity index (χ0n) is 5.27. The Morgan fingerprint density at radius 3 is 2.40 bits per heavy atom. The van der Waals surface area contributed by atoms with Gasteiger partial charge in [-0.05, 0) is 44.8 Å². The fourth-order valence-electron chi connectivity index (χ4n) is 0.569. The van der Waals surface area contributed by atoms with Crippen LogP contribution in [0.3, 0.4) is 0 Å². The van der Waals surface area contributed by atoms with Gasteiger partial charge in [0.15, 0.2) is 0 Å². The van der Waals surface area contributed by atoms with E-state index in [4.69, 9.17) is 5.11 Å². The summed E-state index contributed by atoms with van der Waals surface area (Å²) in [5, 5.41) is 9.13. The normalized spacial score (nSPS) is 13.6. The molecule has 56 valence electrons. The van der Waals surface area contributed by atoms with Gasteiger partial charge < -0.3 is 5.11 Å².